The molecule has 9 nitrogen and oxygen atoms in total. The standard InChI is InChI=1S/C34H36F3N5O4/c1-6-22-24(36)9-8-19-12-21(43)13-23(25(19)22)28-27(37)29-26(31(39-28)46-18(2)3)30(38-16-33(4,5)44)41-32(40-29)45-17-34-10-7-11-42(34)15-20(35)14-34/h1,8-9,12-13,18,20,43-44H,7,10-11,14-17H2,2-5H3,(H,38,40,41)/t20-,34+/m1/s1. The summed E-state index contributed by atoms with van der Waals surface area (Å²) >= 11 is 0. The zero-order valence-electron chi connectivity index (χ0n) is 26.1. The van der Waals surface area contributed by atoms with Gasteiger partial charge in [-0.25, -0.2) is 18.2 Å². The van der Waals surface area contributed by atoms with Crippen LogP contribution in [0.3, 0.4) is 0 Å². The van der Waals surface area contributed by atoms with E-state index in [2.05, 4.69) is 31.1 Å². The Bertz CT molecular complexity index is 1870. The average Bonchev–Trinajstić information content (AvgIpc) is 3.51. The Morgan fingerprint density at radius 1 is 1.20 bits per heavy atom. The van der Waals surface area contributed by atoms with Crippen molar-refractivity contribution in [1.82, 2.24) is 19.9 Å². The number of fused-ring (bicyclic) bond motifs is 3. The summed E-state index contributed by atoms with van der Waals surface area (Å²) in [5, 5.41) is 24.8. The highest BCUT2D eigenvalue weighted by atomic mass is 19.1. The number of aliphatic hydroxyl groups is 1. The molecule has 2 aromatic carbocycles. The Labute approximate surface area is 264 Å². The maximum Gasteiger partial charge on any atom is 0.319 e. The van der Waals surface area contributed by atoms with E-state index in [0.717, 1.165) is 19.4 Å². The first-order valence-electron chi connectivity index (χ1n) is 15.3. The summed E-state index contributed by atoms with van der Waals surface area (Å²) in [5.41, 5.74) is -2.30. The van der Waals surface area contributed by atoms with Crippen molar-refractivity contribution in [2.24, 2.45) is 0 Å². The normalized spacial score (nSPS) is 20.0. The van der Waals surface area contributed by atoms with Gasteiger partial charge in [-0.2, -0.15) is 9.97 Å². The first-order valence-corrected chi connectivity index (χ1v) is 15.3. The van der Waals surface area contributed by atoms with Crippen LogP contribution in [-0.2, 0) is 0 Å². The third-order valence-electron chi connectivity index (χ3n) is 8.45. The molecule has 0 bridgehead atoms. The number of aromatic nitrogens is 3. The Morgan fingerprint density at radius 2 is 1.98 bits per heavy atom. The molecular weight excluding hydrogens is 599 g/mol. The van der Waals surface area contributed by atoms with Gasteiger partial charge in [0, 0.05) is 30.5 Å². The van der Waals surface area contributed by atoms with Crippen molar-refractivity contribution >= 4 is 27.5 Å². The average molecular weight is 636 g/mol. The summed E-state index contributed by atoms with van der Waals surface area (Å²) in [7, 11) is 0. The number of aromatic hydroxyl groups is 1. The number of anilines is 1. The van der Waals surface area contributed by atoms with Crippen LogP contribution in [0.5, 0.6) is 17.6 Å². The second-order valence-corrected chi connectivity index (χ2v) is 13.0. The first-order chi connectivity index (χ1) is 21.8. The third-order valence-corrected chi connectivity index (χ3v) is 8.45. The molecule has 4 heterocycles. The van der Waals surface area contributed by atoms with Gasteiger partial charge in [-0.1, -0.05) is 12.0 Å². The predicted molar refractivity (Wildman–Crippen MR) is 169 cm³/mol. The van der Waals surface area contributed by atoms with E-state index >= 15 is 4.39 Å². The van der Waals surface area contributed by atoms with Gasteiger partial charge < -0.3 is 25.0 Å². The largest absolute Gasteiger partial charge is 0.508 e. The molecule has 0 spiro atoms. The Morgan fingerprint density at radius 3 is 2.70 bits per heavy atom. The number of halogens is 3. The number of terminal acetylenes is 1. The van der Waals surface area contributed by atoms with Crippen LogP contribution < -0.4 is 14.8 Å². The molecule has 2 aliphatic rings. The Kier molecular flexibility index (Phi) is 8.11. The van der Waals surface area contributed by atoms with E-state index in [9.17, 15) is 19.0 Å². The lowest BCUT2D eigenvalue weighted by Crippen LogP contribution is -2.43. The minimum Gasteiger partial charge on any atom is -0.508 e. The van der Waals surface area contributed by atoms with Gasteiger partial charge in [0.1, 0.15) is 46.8 Å². The summed E-state index contributed by atoms with van der Waals surface area (Å²) < 4.78 is 58.4. The van der Waals surface area contributed by atoms with Crippen molar-refractivity contribution in [1.29, 1.82) is 0 Å². The number of pyridine rings is 1. The van der Waals surface area contributed by atoms with Gasteiger partial charge in [0.2, 0.25) is 5.88 Å². The molecular formula is C34H36F3N5O4. The number of benzene rings is 2. The van der Waals surface area contributed by atoms with E-state index < -0.39 is 35.1 Å². The van der Waals surface area contributed by atoms with Crippen molar-refractivity contribution in [3.05, 3.63) is 41.5 Å². The Hall–Kier alpha value is -4.34. The number of hydrogen-bond donors (Lipinski definition) is 3. The SMILES string of the molecule is C#Cc1c(F)ccc2cc(O)cc(-c3nc(OC(C)C)c4c(NCC(C)(C)O)nc(OC[C@@]56CCCN5C[C@H](F)C6)nc4c3F)c12. The highest BCUT2D eigenvalue weighted by Gasteiger charge is 2.49. The van der Waals surface area contributed by atoms with Crippen LogP contribution in [0.2, 0.25) is 0 Å². The maximum absolute atomic E-state index is 16.9. The number of ether oxygens (including phenoxy) is 2. The lowest BCUT2D eigenvalue weighted by atomic mass is 9.95. The Balaban J connectivity index is 1.58. The fourth-order valence-electron chi connectivity index (χ4n) is 6.50. The number of rotatable bonds is 9. The topological polar surface area (TPSA) is 113 Å². The minimum atomic E-state index is -1.18. The van der Waals surface area contributed by atoms with Crippen LogP contribution in [-0.4, -0.2) is 79.7 Å². The van der Waals surface area contributed by atoms with Crippen molar-refractivity contribution < 1.29 is 32.9 Å². The summed E-state index contributed by atoms with van der Waals surface area (Å²) in [6, 6.07) is 5.09. The fourth-order valence-corrected chi connectivity index (χ4v) is 6.50. The summed E-state index contributed by atoms with van der Waals surface area (Å²) in [5.74, 6) is 0.561. The van der Waals surface area contributed by atoms with Gasteiger partial charge in [-0.05, 0) is 70.7 Å². The van der Waals surface area contributed by atoms with Crippen LogP contribution in [0, 0.1) is 24.0 Å². The molecule has 0 aliphatic carbocycles. The van der Waals surface area contributed by atoms with Gasteiger partial charge in [-0.15, -0.1) is 6.42 Å². The number of alkyl halides is 1. The predicted octanol–water partition coefficient (Wildman–Crippen LogP) is 5.74. The van der Waals surface area contributed by atoms with Crippen LogP contribution in [0.15, 0.2) is 24.3 Å². The molecule has 0 amide bonds. The lowest BCUT2D eigenvalue weighted by molar-refractivity contribution is 0.0943. The van der Waals surface area contributed by atoms with Crippen LogP contribution in [0.4, 0.5) is 19.0 Å². The lowest BCUT2D eigenvalue weighted by Gasteiger charge is -2.30. The van der Waals surface area contributed by atoms with Gasteiger partial charge in [0.05, 0.1) is 22.8 Å². The summed E-state index contributed by atoms with van der Waals surface area (Å²) in [4.78, 5) is 15.6. The maximum atomic E-state index is 16.9. The third kappa shape index (κ3) is 5.85. The molecule has 0 radical (unpaired) electrons. The van der Waals surface area contributed by atoms with E-state index in [1.165, 1.54) is 24.3 Å². The van der Waals surface area contributed by atoms with Crippen molar-refractivity contribution in [2.45, 2.75) is 70.4 Å². The smallest absolute Gasteiger partial charge is 0.319 e. The molecule has 4 aromatic rings. The van der Waals surface area contributed by atoms with Crippen molar-refractivity contribution in [2.75, 3.05) is 31.6 Å². The molecule has 2 atom stereocenters. The molecule has 3 N–H and O–H groups in total. The fraction of sp³-hybridized carbons (Fsp3) is 0.441. The monoisotopic (exact) mass is 635 g/mol. The molecule has 0 unspecified atom stereocenters. The quantitative estimate of drug-likeness (QED) is 0.198. The number of phenols is 1. The van der Waals surface area contributed by atoms with E-state index in [-0.39, 0.29) is 69.7 Å². The van der Waals surface area contributed by atoms with Crippen LogP contribution in [0.1, 0.15) is 52.5 Å². The van der Waals surface area contributed by atoms with Crippen molar-refractivity contribution in [3.8, 4) is 41.2 Å². The van der Waals surface area contributed by atoms with Crippen LogP contribution >= 0.6 is 0 Å². The summed E-state index contributed by atoms with van der Waals surface area (Å²) in [6.45, 7) is 7.94. The zero-order chi connectivity index (χ0) is 33.0. The van der Waals surface area contributed by atoms with E-state index in [0.29, 0.717) is 18.4 Å². The molecule has 6 rings (SSSR count). The number of hydrogen-bond acceptors (Lipinski definition) is 9. The molecule has 0 saturated carbocycles. The highest BCUT2D eigenvalue weighted by Crippen LogP contribution is 2.43. The van der Waals surface area contributed by atoms with Crippen LogP contribution in [0.25, 0.3) is 32.9 Å². The second kappa shape index (κ2) is 11.8. The van der Waals surface area contributed by atoms with E-state index in [4.69, 9.17) is 15.9 Å². The van der Waals surface area contributed by atoms with Gasteiger partial charge in [0.25, 0.3) is 0 Å². The molecule has 46 heavy (non-hydrogen) atoms. The van der Waals surface area contributed by atoms with E-state index in [1.807, 2.05) is 0 Å². The minimum absolute atomic E-state index is 0.0201. The van der Waals surface area contributed by atoms with Gasteiger partial charge >= 0.3 is 6.01 Å². The first kappa shape index (κ1) is 31.6. The number of nitrogens with zero attached hydrogens (tertiary/aromatic N) is 4. The molecule has 12 heteroatoms. The second-order valence-electron chi connectivity index (χ2n) is 13.0. The molecule has 2 aliphatic heterocycles. The molecule has 242 valence electrons. The molecule has 2 fully saturated rings. The number of phenolic OH excluding ortho intramolecular Hbond substituents is 1. The zero-order valence-corrected chi connectivity index (χ0v) is 26.1. The highest BCUT2D eigenvalue weighted by molar-refractivity contribution is 6.04. The summed E-state index contributed by atoms with van der Waals surface area (Å²) in [6.07, 6.45) is 6.26. The van der Waals surface area contributed by atoms with Gasteiger partial charge in [0.15, 0.2) is 5.82 Å². The van der Waals surface area contributed by atoms with Crippen molar-refractivity contribution in [3.63, 3.8) is 0 Å². The molecule has 2 saturated heterocycles. The molecule has 2 aromatic heterocycles. The van der Waals surface area contributed by atoms with Gasteiger partial charge in [-0.3, -0.25) is 4.90 Å². The number of nitrogens with one attached hydrogen (secondary N) is 1. The van der Waals surface area contributed by atoms with E-state index in [1.54, 1.807) is 27.7 Å².